The molecular weight excluding hydrogens is 212 g/mol. The Morgan fingerprint density at radius 3 is 2.65 bits per heavy atom. The molecule has 100 valence electrons. The fraction of sp³-hybridized carbons (Fsp3) is 1.00. The molecule has 1 aliphatic carbocycles. The Morgan fingerprint density at radius 1 is 1.29 bits per heavy atom. The Kier molecular flexibility index (Phi) is 5.26. The molecule has 0 aromatic heterocycles. The Bertz CT molecular complexity index is 216. The van der Waals surface area contributed by atoms with E-state index in [-0.39, 0.29) is 0 Å². The third-order valence-corrected chi connectivity index (χ3v) is 4.45. The summed E-state index contributed by atoms with van der Waals surface area (Å²) in [6.45, 7) is 6.89. The standard InChI is InChI=1S/C14H28N2O/c1-3-15-14(12-6-4-5-7-12)11-16-9-8-13(10-16)17-2/h12-15H,3-11H2,1-2H3. The van der Waals surface area contributed by atoms with Crippen LogP contribution >= 0.6 is 0 Å². The van der Waals surface area contributed by atoms with Crippen LogP contribution in [0, 0.1) is 5.92 Å². The maximum Gasteiger partial charge on any atom is 0.0710 e. The number of methoxy groups -OCH3 is 1. The first-order valence-electron chi connectivity index (χ1n) is 7.32. The molecule has 1 heterocycles. The highest BCUT2D eigenvalue weighted by molar-refractivity contribution is 4.86. The van der Waals surface area contributed by atoms with Crippen LogP contribution in [-0.2, 0) is 4.74 Å². The number of hydrogen-bond acceptors (Lipinski definition) is 3. The highest BCUT2D eigenvalue weighted by atomic mass is 16.5. The van der Waals surface area contributed by atoms with E-state index < -0.39 is 0 Å². The SMILES string of the molecule is CCNC(CN1CCC(OC)C1)C1CCCC1. The number of nitrogens with one attached hydrogen (secondary N) is 1. The van der Waals surface area contributed by atoms with E-state index in [1.165, 1.54) is 45.2 Å². The summed E-state index contributed by atoms with van der Waals surface area (Å²) in [7, 11) is 1.84. The van der Waals surface area contributed by atoms with E-state index in [1.807, 2.05) is 7.11 Å². The number of rotatable bonds is 6. The highest BCUT2D eigenvalue weighted by Gasteiger charge is 2.29. The zero-order valence-corrected chi connectivity index (χ0v) is 11.5. The molecule has 0 amide bonds. The zero-order valence-electron chi connectivity index (χ0n) is 11.5. The van der Waals surface area contributed by atoms with Gasteiger partial charge in [-0.1, -0.05) is 19.8 Å². The molecule has 2 fully saturated rings. The van der Waals surface area contributed by atoms with Crippen LogP contribution in [0.25, 0.3) is 0 Å². The molecule has 0 radical (unpaired) electrons. The minimum absolute atomic E-state index is 0.473. The molecule has 1 saturated carbocycles. The molecule has 0 aromatic carbocycles. The van der Waals surface area contributed by atoms with Crippen molar-refractivity contribution in [1.82, 2.24) is 10.2 Å². The fourth-order valence-electron chi connectivity index (χ4n) is 3.44. The van der Waals surface area contributed by atoms with Crippen molar-refractivity contribution < 1.29 is 4.74 Å². The van der Waals surface area contributed by atoms with Crippen LogP contribution in [-0.4, -0.2) is 50.3 Å². The van der Waals surface area contributed by atoms with Crippen LogP contribution < -0.4 is 5.32 Å². The van der Waals surface area contributed by atoms with Gasteiger partial charge in [-0.15, -0.1) is 0 Å². The van der Waals surface area contributed by atoms with E-state index in [0.29, 0.717) is 12.1 Å². The smallest absolute Gasteiger partial charge is 0.0710 e. The molecule has 1 saturated heterocycles. The van der Waals surface area contributed by atoms with Gasteiger partial charge in [-0.2, -0.15) is 0 Å². The Morgan fingerprint density at radius 2 is 2.06 bits per heavy atom. The number of nitrogens with zero attached hydrogens (tertiary/aromatic N) is 1. The molecule has 2 atom stereocenters. The van der Waals surface area contributed by atoms with Crippen molar-refractivity contribution >= 4 is 0 Å². The summed E-state index contributed by atoms with van der Waals surface area (Å²) in [5, 5.41) is 3.70. The van der Waals surface area contributed by atoms with E-state index >= 15 is 0 Å². The molecule has 3 heteroatoms. The summed E-state index contributed by atoms with van der Waals surface area (Å²) in [6, 6.07) is 0.707. The van der Waals surface area contributed by atoms with Gasteiger partial charge in [-0.25, -0.2) is 0 Å². The predicted molar refractivity (Wildman–Crippen MR) is 71.3 cm³/mol. The van der Waals surface area contributed by atoms with Gasteiger partial charge in [-0.05, 0) is 31.7 Å². The maximum atomic E-state index is 5.45. The first kappa shape index (κ1) is 13.3. The Balaban J connectivity index is 1.80. The topological polar surface area (TPSA) is 24.5 Å². The molecule has 17 heavy (non-hydrogen) atoms. The van der Waals surface area contributed by atoms with Gasteiger partial charge >= 0.3 is 0 Å². The first-order chi connectivity index (χ1) is 8.33. The van der Waals surface area contributed by atoms with Gasteiger partial charge in [0.15, 0.2) is 0 Å². The van der Waals surface area contributed by atoms with Crippen LogP contribution in [0.15, 0.2) is 0 Å². The lowest BCUT2D eigenvalue weighted by atomic mass is 9.97. The van der Waals surface area contributed by atoms with Crippen LogP contribution in [0.4, 0.5) is 0 Å². The van der Waals surface area contributed by atoms with Gasteiger partial charge in [0.1, 0.15) is 0 Å². The van der Waals surface area contributed by atoms with Crippen LogP contribution in [0.5, 0.6) is 0 Å². The van der Waals surface area contributed by atoms with Crippen LogP contribution in [0.2, 0.25) is 0 Å². The van der Waals surface area contributed by atoms with Crippen molar-refractivity contribution in [2.45, 2.75) is 51.2 Å². The molecule has 0 spiro atoms. The van der Waals surface area contributed by atoms with Gasteiger partial charge in [0.2, 0.25) is 0 Å². The highest BCUT2D eigenvalue weighted by Crippen LogP contribution is 2.28. The zero-order chi connectivity index (χ0) is 12.1. The van der Waals surface area contributed by atoms with Crippen molar-refractivity contribution in [3.63, 3.8) is 0 Å². The summed E-state index contributed by atoms with van der Waals surface area (Å²) in [5.41, 5.74) is 0. The summed E-state index contributed by atoms with van der Waals surface area (Å²) in [5.74, 6) is 0.913. The fourth-order valence-corrected chi connectivity index (χ4v) is 3.44. The molecular formula is C14H28N2O. The minimum Gasteiger partial charge on any atom is -0.380 e. The monoisotopic (exact) mass is 240 g/mol. The second-order valence-corrected chi connectivity index (χ2v) is 5.61. The van der Waals surface area contributed by atoms with Gasteiger partial charge in [0, 0.05) is 32.8 Å². The van der Waals surface area contributed by atoms with E-state index in [1.54, 1.807) is 0 Å². The largest absolute Gasteiger partial charge is 0.380 e. The lowest BCUT2D eigenvalue weighted by Crippen LogP contribution is -2.44. The number of hydrogen-bond donors (Lipinski definition) is 1. The second kappa shape index (κ2) is 6.72. The quantitative estimate of drug-likeness (QED) is 0.767. The van der Waals surface area contributed by atoms with E-state index in [0.717, 1.165) is 19.0 Å². The van der Waals surface area contributed by atoms with Crippen molar-refractivity contribution in [1.29, 1.82) is 0 Å². The molecule has 3 nitrogen and oxygen atoms in total. The molecule has 0 aromatic rings. The normalized spacial score (nSPS) is 28.9. The molecule has 2 aliphatic rings. The van der Waals surface area contributed by atoms with Crippen LogP contribution in [0.3, 0.4) is 0 Å². The van der Waals surface area contributed by atoms with Crippen LogP contribution in [0.1, 0.15) is 39.0 Å². The maximum absolute atomic E-state index is 5.45. The third-order valence-electron chi connectivity index (χ3n) is 4.45. The average molecular weight is 240 g/mol. The number of likely N-dealkylation sites (N-methyl/N-ethyl adjacent to an activating group) is 1. The van der Waals surface area contributed by atoms with E-state index in [2.05, 4.69) is 17.1 Å². The molecule has 0 bridgehead atoms. The lowest BCUT2D eigenvalue weighted by Gasteiger charge is -2.29. The molecule has 1 N–H and O–H groups in total. The summed E-state index contributed by atoms with van der Waals surface area (Å²) < 4.78 is 5.45. The minimum atomic E-state index is 0.473. The predicted octanol–water partition coefficient (Wildman–Crippen LogP) is 1.88. The van der Waals surface area contributed by atoms with E-state index in [9.17, 15) is 0 Å². The van der Waals surface area contributed by atoms with E-state index in [4.69, 9.17) is 4.74 Å². The second-order valence-electron chi connectivity index (χ2n) is 5.61. The Labute approximate surface area is 106 Å². The summed E-state index contributed by atoms with van der Waals surface area (Å²) >= 11 is 0. The number of likely N-dealkylation sites (tertiary alicyclic amines) is 1. The van der Waals surface area contributed by atoms with Gasteiger partial charge < -0.3 is 10.1 Å². The van der Waals surface area contributed by atoms with Crippen molar-refractivity contribution in [3.8, 4) is 0 Å². The number of ether oxygens (including phenoxy) is 1. The lowest BCUT2D eigenvalue weighted by molar-refractivity contribution is 0.105. The van der Waals surface area contributed by atoms with Gasteiger partial charge in [-0.3, -0.25) is 4.90 Å². The third kappa shape index (κ3) is 3.67. The molecule has 2 unspecified atom stereocenters. The van der Waals surface area contributed by atoms with Gasteiger partial charge in [0.25, 0.3) is 0 Å². The van der Waals surface area contributed by atoms with Gasteiger partial charge in [0.05, 0.1) is 6.10 Å². The molecule has 1 aliphatic heterocycles. The van der Waals surface area contributed by atoms with Crippen molar-refractivity contribution in [3.05, 3.63) is 0 Å². The molecule has 2 rings (SSSR count). The average Bonchev–Trinajstić information content (AvgIpc) is 2.99. The summed E-state index contributed by atoms with van der Waals surface area (Å²) in [4.78, 5) is 2.58. The summed E-state index contributed by atoms with van der Waals surface area (Å²) in [6.07, 6.45) is 7.42. The first-order valence-corrected chi connectivity index (χ1v) is 7.32. The van der Waals surface area contributed by atoms with Crippen molar-refractivity contribution in [2.24, 2.45) is 5.92 Å². The van der Waals surface area contributed by atoms with Crippen molar-refractivity contribution in [2.75, 3.05) is 33.3 Å². The Hall–Kier alpha value is -0.120.